The quantitative estimate of drug-likeness (QED) is 0.282. The van der Waals surface area contributed by atoms with Crippen LogP contribution in [0.1, 0.15) is 0 Å². The number of nitrogens with one attached hydrogen (secondary N) is 3. The maximum atomic E-state index is 5.81. The van der Waals surface area contributed by atoms with Gasteiger partial charge in [0.05, 0.1) is 11.4 Å². The predicted molar refractivity (Wildman–Crippen MR) is 109 cm³/mol. The number of hydrogen-bond acceptors (Lipinski definition) is 6. The van der Waals surface area contributed by atoms with E-state index in [1.807, 2.05) is 0 Å². The summed E-state index contributed by atoms with van der Waals surface area (Å²) < 4.78 is 17.3. The van der Waals surface area contributed by atoms with Crippen LogP contribution in [0.5, 0.6) is 0 Å². The maximum absolute atomic E-state index is 5.81. The van der Waals surface area contributed by atoms with Crippen molar-refractivity contribution in [1.29, 1.82) is 0 Å². The third kappa shape index (κ3) is 11.7. The van der Waals surface area contributed by atoms with Gasteiger partial charge in [-0.3, -0.25) is 16.4 Å². The Kier molecular flexibility index (Phi) is 8.70. The summed E-state index contributed by atoms with van der Waals surface area (Å²) in [4.78, 5) is 0. The highest BCUT2D eigenvalue weighted by Crippen LogP contribution is 2.13. The zero-order valence-corrected chi connectivity index (χ0v) is 19.7. The summed E-state index contributed by atoms with van der Waals surface area (Å²) >= 11 is 0. The lowest BCUT2D eigenvalue weighted by Gasteiger charge is -2.26. The molecule has 3 N–H and O–H groups in total. The molecule has 0 aliphatic carbocycles. The van der Waals surface area contributed by atoms with E-state index >= 15 is 0 Å². The van der Waals surface area contributed by atoms with Crippen LogP contribution in [0.2, 0.25) is 58.9 Å². The molecule has 0 bridgehead atoms. The van der Waals surface area contributed by atoms with Gasteiger partial charge < -0.3 is 13.6 Å². The summed E-state index contributed by atoms with van der Waals surface area (Å²) in [7, 11) is -5.28. The number of allylic oxidation sites excluding steroid dienone is 1. The molecule has 0 spiro atoms. The zero-order valence-electron chi connectivity index (χ0n) is 16.7. The van der Waals surface area contributed by atoms with E-state index in [1.165, 1.54) is 0 Å². The van der Waals surface area contributed by atoms with E-state index in [1.54, 1.807) is 6.08 Å². The van der Waals surface area contributed by atoms with Gasteiger partial charge in [-0.2, -0.15) is 0 Å². The third-order valence-electron chi connectivity index (χ3n) is 2.18. The highest BCUT2D eigenvalue weighted by atomic mass is 28.4. The molecule has 0 saturated heterocycles. The van der Waals surface area contributed by atoms with Gasteiger partial charge >= 0.3 is 0 Å². The molecule has 140 valence electrons. The molecule has 0 radical (unpaired) electrons. The minimum absolute atomic E-state index is 0.553. The molecule has 6 nitrogen and oxygen atoms in total. The lowest BCUT2D eigenvalue weighted by Crippen LogP contribution is -2.40. The van der Waals surface area contributed by atoms with Crippen molar-refractivity contribution < 1.29 is 13.6 Å². The third-order valence-corrected chi connectivity index (χ3v) is 4.33. The van der Waals surface area contributed by atoms with E-state index < -0.39 is 25.0 Å². The first-order valence-electron chi connectivity index (χ1n) is 8.03. The zero-order chi connectivity index (χ0) is 19.2. The summed E-state index contributed by atoms with van der Waals surface area (Å²) in [5.41, 5.74) is 10.7. The van der Waals surface area contributed by atoms with E-state index in [-0.39, 0.29) is 0 Å². The molecule has 0 aromatic rings. The molecule has 0 heterocycles. The lowest BCUT2D eigenvalue weighted by molar-refractivity contribution is 0.185. The molecule has 0 amide bonds. The lowest BCUT2D eigenvalue weighted by atomic mass is 10.3. The van der Waals surface area contributed by atoms with Crippen LogP contribution in [0.15, 0.2) is 36.3 Å². The van der Waals surface area contributed by atoms with Crippen LogP contribution in [-0.2, 0) is 13.6 Å². The van der Waals surface area contributed by atoms with Gasteiger partial charge in [0.2, 0.25) is 25.0 Å². The van der Waals surface area contributed by atoms with Gasteiger partial charge in [-0.05, 0) is 65.0 Å². The van der Waals surface area contributed by atoms with Gasteiger partial charge in [0.15, 0.2) is 0 Å². The van der Waals surface area contributed by atoms with Crippen LogP contribution < -0.4 is 16.4 Å². The number of rotatable bonds is 11. The van der Waals surface area contributed by atoms with Crippen molar-refractivity contribution in [3.63, 3.8) is 0 Å². The first-order valence-corrected chi connectivity index (χ1v) is 18.2. The van der Waals surface area contributed by atoms with Crippen molar-refractivity contribution in [3.8, 4) is 0 Å². The summed E-state index contributed by atoms with van der Waals surface area (Å²) in [6.45, 7) is 26.7. The van der Waals surface area contributed by atoms with Gasteiger partial charge in [-0.25, -0.2) is 0 Å². The minimum Gasteiger partial charge on any atom is -0.323 e. The Morgan fingerprint density at radius 2 is 1.08 bits per heavy atom. The largest absolute Gasteiger partial charge is 0.323 e. The molecule has 0 saturated carbocycles. The minimum atomic E-state index is -1.78. The Labute approximate surface area is 150 Å². The highest BCUT2D eigenvalue weighted by molar-refractivity contribution is 6.70. The van der Waals surface area contributed by atoms with Gasteiger partial charge in [0, 0.05) is 0 Å². The standard InChI is InChI=1S/C15H35N3O3Si3/c1-12-14(17-20-23(6,7)8)15(18-21-24(9,10)11)13(2)16-19-22(3,4)5/h12,16-18H,1-2H2,3-11H3. The van der Waals surface area contributed by atoms with Crippen LogP contribution in [-0.4, -0.2) is 25.0 Å². The van der Waals surface area contributed by atoms with E-state index in [0.717, 1.165) is 0 Å². The van der Waals surface area contributed by atoms with Crippen molar-refractivity contribution in [2.45, 2.75) is 58.9 Å². The SMILES string of the molecule is C=CC(NO[Si](C)(C)C)=C(NO[Si](C)(C)C)C(=C)NO[Si](C)(C)C. The molecule has 0 rings (SSSR count). The Balaban J connectivity index is 5.35. The Hall–Kier alpha value is -0.849. The van der Waals surface area contributed by atoms with Crippen molar-refractivity contribution in [2.24, 2.45) is 0 Å². The highest BCUT2D eigenvalue weighted by Gasteiger charge is 2.21. The van der Waals surface area contributed by atoms with Crippen LogP contribution in [0, 0.1) is 0 Å². The molecule has 0 atom stereocenters. The molecule has 0 unspecified atom stereocenters. The molecule has 0 aliphatic heterocycles. The summed E-state index contributed by atoms with van der Waals surface area (Å²) in [5, 5.41) is 0. The summed E-state index contributed by atoms with van der Waals surface area (Å²) in [6, 6.07) is 0. The van der Waals surface area contributed by atoms with Crippen molar-refractivity contribution in [1.82, 2.24) is 16.4 Å². The van der Waals surface area contributed by atoms with Crippen molar-refractivity contribution >= 4 is 25.0 Å². The van der Waals surface area contributed by atoms with Gasteiger partial charge in [-0.1, -0.05) is 13.2 Å². The van der Waals surface area contributed by atoms with Crippen LogP contribution in [0.4, 0.5) is 0 Å². The summed E-state index contributed by atoms with van der Waals surface area (Å²) in [6.07, 6.45) is 1.66. The van der Waals surface area contributed by atoms with Gasteiger partial charge in [0.25, 0.3) is 0 Å². The molecule has 9 heteroatoms. The fourth-order valence-electron chi connectivity index (χ4n) is 1.15. The maximum Gasteiger partial charge on any atom is 0.220 e. The Morgan fingerprint density at radius 1 is 0.708 bits per heavy atom. The molecular weight excluding hydrogens is 354 g/mol. The Bertz CT molecular complexity index is 475. The molecular formula is C15H35N3O3Si3. The Morgan fingerprint density at radius 3 is 1.46 bits per heavy atom. The topological polar surface area (TPSA) is 63.8 Å². The second-order valence-electron chi connectivity index (χ2n) is 8.42. The van der Waals surface area contributed by atoms with Gasteiger partial charge in [-0.15, -0.1) is 0 Å². The smallest absolute Gasteiger partial charge is 0.220 e. The molecule has 0 aromatic heterocycles. The molecule has 0 aliphatic rings. The molecule has 0 aromatic carbocycles. The van der Waals surface area contributed by atoms with E-state index in [4.69, 9.17) is 13.6 Å². The van der Waals surface area contributed by atoms with Crippen molar-refractivity contribution in [2.75, 3.05) is 0 Å². The van der Waals surface area contributed by atoms with E-state index in [9.17, 15) is 0 Å². The molecule has 0 fully saturated rings. The fraction of sp³-hybridized carbons (Fsp3) is 0.600. The fourth-order valence-corrected chi connectivity index (χ4v) is 2.41. The normalized spacial score (nSPS) is 13.9. The average Bonchev–Trinajstić information content (AvgIpc) is 2.36. The van der Waals surface area contributed by atoms with Crippen molar-refractivity contribution in [3.05, 3.63) is 36.3 Å². The van der Waals surface area contributed by atoms with E-state index in [2.05, 4.69) is 88.5 Å². The second-order valence-corrected chi connectivity index (χ2v) is 21.7. The van der Waals surface area contributed by atoms with Crippen LogP contribution in [0.3, 0.4) is 0 Å². The number of hydroxylamine groups is 3. The van der Waals surface area contributed by atoms with Gasteiger partial charge in [0.1, 0.15) is 5.70 Å². The van der Waals surface area contributed by atoms with E-state index in [0.29, 0.717) is 17.1 Å². The first kappa shape index (κ1) is 23.2. The second kappa shape index (κ2) is 9.02. The molecule has 24 heavy (non-hydrogen) atoms. The predicted octanol–water partition coefficient (Wildman–Crippen LogP) is 3.97. The first-order chi connectivity index (χ1) is 10.6. The van der Waals surface area contributed by atoms with Crippen LogP contribution in [0.25, 0.3) is 0 Å². The summed E-state index contributed by atoms with van der Waals surface area (Å²) in [5.74, 6) is 0. The van der Waals surface area contributed by atoms with Crippen LogP contribution >= 0.6 is 0 Å². The number of hydrogen-bond donors (Lipinski definition) is 3. The average molecular weight is 390 g/mol. The monoisotopic (exact) mass is 389 g/mol.